The number of pyridine rings is 1. The molecule has 2 saturated carbocycles. The second-order valence-electron chi connectivity index (χ2n) is 16.7. The lowest BCUT2D eigenvalue weighted by Crippen LogP contribution is -2.33. The first-order chi connectivity index (χ1) is 23.4. The molecule has 0 atom stereocenters. The van der Waals surface area contributed by atoms with E-state index in [-0.39, 0.29) is 10.8 Å². The van der Waals surface area contributed by atoms with Crippen LogP contribution in [0.3, 0.4) is 0 Å². The lowest BCUT2D eigenvalue weighted by atomic mass is 9.65. The van der Waals surface area contributed by atoms with Crippen LogP contribution in [0, 0.1) is 5.41 Å². The van der Waals surface area contributed by atoms with E-state index in [1.807, 2.05) is 0 Å². The topological polar surface area (TPSA) is 38.8 Å². The molecule has 15 rings (SSSR count). The molecule has 6 aliphatic carbocycles. The van der Waals surface area contributed by atoms with Crippen molar-refractivity contribution in [3.05, 3.63) is 89.2 Å². The van der Waals surface area contributed by atoms with Crippen LogP contribution in [0.4, 0.5) is 0 Å². The summed E-state index contributed by atoms with van der Waals surface area (Å²) >= 11 is 0. The van der Waals surface area contributed by atoms with Crippen molar-refractivity contribution in [3.8, 4) is 0 Å². The Morgan fingerprint density at radius 2 is 1.35 bits per heavy atom. The molecule has 9 aromatic rings. The van der Waals surface area contributed by atoms with Gasteiger partial charge in [-0.15, -0.1) is 0 Å². The zero-order valence-electron chi connectivity index (χ0n) is 27.4. The molecular formula is C44H35N3O. The lowest BCUT2D eigenvalue weighted by molar-refractivity contribution is 0.0732. The molecular weight excluding hydrogens is 587 g/mol. The number of aromatic nitrogens is 3. The number of benzene rings is 4. The second-order valence-corrected chi connectivity index (χ2v) is 16.7. The molecule has 5 heterocycles. The fourth-order valence-corrected chi connectivity index (χ4v) is 11.8. The van der Waals surface area contributed by atoms with Gasteiger partial charge in [-0.3, -0.25) is 9.78 Å². The summed E-state index contributed by atoms with van der Waals surface area (Å²) in [5, 5.41) is 10.8. The van der Waals surface area contributed by atoms with Crippen molar-refractivity contribution >= 4 is 82.0 Å². The minimum atomic E-state index is -0.260. The van der Waals surface area contributed by atoms with Crippen molar-refractivity contribution in [3.63, 3.8) is 0 Å². The zero-order valence-corrected chi connectivity index (χ0v) is 27.4. The number of Topliss-reactive ketones (excluding diaryl/α,β-unsaturated/α-hetero) is 1. The number of hydrogen-bond acceptors (Lipinski definition) is 2. The van der Waals surface area contributed by atoms with Gasteiger partial charge in [0, 0.05) is 65.7 Å². The molecule has 232 valence electrons. The van der Waals surface area contributed by atoms with Crippen LogP contribution in [-0.4, -0.2) is 19.6 Å². The van der Waals surface area contributed by atoms with E-state index in [1.54, 1.807) is 0 Å². The van der Waals surface area contributed by atoms with Crippen molar-refractivity contribution in [2.75, 3.05) is 0 Å². The number of carbonyl (C=O) groups excluding carboxylic acids is 1. The first-order valence-electron chi connectivity index (χ1n) is 18.2. The van der Waals surface area contributed by atoms with Gasteiger partial charge in [-0.25, -0.2) is 0 Å². The smallest absolute Gasteiger partial charge is 0.169 e. The van der Waals surface area contributed by atoms with Crippen LogP contribution in [0.1, 0.15) is 104 Å². The van der Waals surface area contributed by atoms with E-state index in [0.29, 0.717) is 17.6 Å². The summed E-state index contributed by atoms with van der Waals surface area (Å²) in [5.41, 5.74) is 12.5. The van der Waals surface area contributed by atoms with Gasteiger partial charge in [0.2, 0.25) is 0 Å². The van der Waals surface area contributed by atoms with Gasteiger partial charge in [0.25, 0.3) is 0 Å². The molecule has 4 heteroatoms. The monoisotopic (exact) mass is 621 g/mol. The van der Waals surface area contributed by atoms with Crippen molar-refractivity contribution in [1.29, 1.82) is 0 Å². The van der Waals surface area contributed by atoms with Gasteiger partial charge in [-0.05, 0) is 98.1 Å². The van der Waals surface area contributed by atoms with Gasteiger partial charge in [0.1, 0.15) is 0 Å². The van der Waals surface area contributed by atoms with Gasteiger partial charge < -0.3 is 8.80 Å². The predicted octanol–water partition coefficient (Wildman–Crippen LogP) is 11.2. The molecule has 5 aromatic heterocycles. The van der Waals surface area contributed by atoms with E-state index in [2.05, 4.69) is 89.5 Å². The van der Waals surface area contributed by atoms with Crippen LogP contribution >= 0.6 is 0 Å². The molecule has 4 bridgehead atoms. The van der Waals surface area contributed by atoms with Crippen LogP contribution in [0.15, 0.2) is 66.9 Å². The first-order valence-corrected chi connectivity index (χ1v) is 18.2. The maximum Gasteiger partial charge on any atom is 0.169 e. The SMILES string of the molecule is CC12CCC(C)(CC1)c1cc3c4cc5c(c6cccc7c8ccccc8n5c76)c5c6c7c(ncc6n(c3cc1C2=O)c45)C1CCC7CC1. The highest BCUT2D eigenvalue weighted by Crippen LogP contribution is 2.57. The van der Waals surface area contributed by atoms with Crippen LogP contribution in [-0.2, 0) is 5.41 Å². The number of para-hydroxylation sites is 2. The average molecular weight is 622 g/mol. The highest BCUT2D eigenvalue weighted by molar-refractivity contribution is 6.38. The van der Waals surface area contributed by atoms with E-state index in [4.69, 9.17) is 4.98 Å². The van der Waals surface area contributed by atoms with Gasteiger partial charge in [-0.2, -0.15) is 0 Å². The van der Waals surface area contributed by atoms with Crippen molar-refractivity contribution < 1.29 is 4.79 Å². The highest BCUT2D eigenvalue weighted by atomic mass is 16.1. The van der Waals surface area contributed by atoms with E-state index in [1.165, 1.54) is 119 Å². The fraction of sp³-hybridized carbons (Fsp3) is 0.318. The largest absolute Gasteiger partial charge is 0.308 e. The normalized spacial score (nSPS) is 26.9. The number of hydrogen-bond donors (Lipinski definition) is 0. The Balaban J connectivity index is 1.32. The summed E-state index contributed by atoms with van der Waals surface area (Å²) in [5.74, 6) is 1.50. The number of rotatable bonds is 0. The molecule has 0 spiro atoms. The fourth-order valence-electron chi connectivity index (χ4n) is 11.8. The quantitative estimate of drug-likeness (QED) is 0.169. The summed E-state index contributed by atoms with van der Waals surface area (Å²) in [7, 11) is 0. The molecule has 4 nitrogen and oxygen atoms in total. The number of nitrogens with zero attached hydrogens (tertiary/aromatic N) is 3. The Bertz CT molecular complexity index is 2960. The Kier molecular flexibility index (Phi) is 4.11. The molecule has 0 N–H and O–H groups in total. The Hall–Kier alpha value is -4.70. The van der Waals surface area contributed by atoms with Crippen LogP contribution < -0.4 is 0 Å². The summed E-state index contributed by atoms with van der Waals surface area (Å²) in [4.78, 5) is 19.7. The maximum atomic E-state index is 14.4. The van der Waals surface area contributed by atoms with E-state index >= 15 is 0 Å². The zero-order chi connectivity index (χ0) is 31.4. The summed E-state index contributed by atoms with van der Waals surface area (Å²) in [6.45, 7) is 4.65. The summed E-state index contributed by atoms with van der Waals surface area (Å²) in [6.07, 6.45) is 11.4. The van der Waals surface area contributed by atoms with Gasteiger partial charge >= 0.3 is 0 Å². The van der Waals surface area contributed by atoms with Gasteiger partial charge in [-0.1, -0.05) is 50.2 Å². The third kappa shape index (κ3) is 2.58. The van der Waals surface area contributed by atoms with Crippen LogP contribution in [0.25, 0.3) is 76.2 Å². The van der Waals surface area contributed by atoms with E-state index in [0.717, 1.165) is 31.2 Å². The molecule has 0 amide bonds. The van der Waals surface area contributed by atoms with Gasteiger partial charge in [0.05, 0.1) is 39.3 Å². The predicted molar refractivity (Wildman–Crippen MR) is 196 cm³/mol. The lowest BCUT2D eigenvalue weighted by Gasteiger charge is -2.38. The van der Waals surface area contributed by atoms with Gasteiger partial charge in [0.15, 0.2) is 5.78 Å². The van der Waals surface area contributed by atoms with E-state index < -0.39 is 0 Å². The molecule has 0 radical (unpaired) electrons. The Morgan fingerprint density at radius 1 is 0.625 bits per heavy atom. The molecule has 4 aromatic carbocycles. The number of ketones is 1. The third-order valence-electron chi connectivity index (χ3n) is 14.4. The highest BCUT2D eigenvalue weighted by Gasteiger charge is 2.49. The molecule has 0 unspecified atom stereocenters. The van der Waals surface area contributed by atoms with Crippen molar-refractivity contribution in [2.24, 2.45) is 5.41 Å². The van der Waals surface area contributed by atoms with Crippen molar-refractivity contribution in [2.45, 2.75) is 82.5 Å². The molecule has 0 aliphatic heterocycles. The first kappa shape index (κ1) is 25.3. The second kappa shape index (κ2) is 7.78. The molecule has 2 fully saturated rings. The summed E-state index contributed by atoms with van der Waals surface area (Å²) in [6, 6.07) is 23.1. The van der Waals surface area contributed by atoms with Crippen LogP contribution in [0.2, 0.25) is 0 Å². The molecule has 6 aliphatic rings. The minimum absolute atomic E-state index is 0.0318. The number of fused-ring (bicyclic) bond motifs is 17. The average Bonchev–Trinajstić information content (AvgIpc) is 3.83. The Labute approximate surface area is 277 Å². The third-order valence-corrected chi connectivity index (χ3v) is 14.4. The van der Waals surface area contributed by atoms with E-state index in [9.17, 15) is 4.79 Å². The van der Waals surface area contributed by atoms with Crippen molar-refractivity contribution in [1.82, 2.24) is 13.8 Å². The maximum absolute atomic E-state index is 14.4. The summed E-state index contributed by atoms with van der Waals surface area (Å²) < 4.78 is 5.09. The number of carbonyl (C=O) groups is 1. The standard InChI is InChI=1S/C44H35N3O/c1-43-14-16-44(2,17-15-43)42(48)29-20-32-27(18-30(29)43)28-19-33-36(26-8-5-7-25-24-6-3-4-9-31(24)46(33)40(25)26)38-37-34(47(32)41(28)38)21-45-39-23-12-10-22(11-13-23)35(37)39/h3-9,18-23H,10-17H2,1-2H3. The Morgan fingerprint density at radius 3 is 2.21 bits per heavy atom. The minimum Gasteiger partial charge on any atom is -0.308 e. The molecule has 0 saturated heterocycles. The molecule has 48 heavy (non-hydrogen) atoms. The van der Waals surface area contributed by atoms with Crippen LogP contribution in [0.5, 0.6) is 0 Å².